The van der Waals surface area contributed by atoms with E-state index in [1.54, 1.807) is 6.08 Å². The van der Waals surface area contributed by atoms with E-state index in [0.29, 0.717) is 32.3 Å². The van der Waals surface area contributed by atoms with Crippen LogP contribution in [0.2, 0.25) is 0 Å². The number of nitrogens with one attached hydrogen (secondary N) is 1. The molecule has 67 heavy (non-hydrogen) atoms. The van der Waals surface area contributed by atoms with Crippen LogP contribution in [0.3, 0.4) is 0 Å². The number of carbonyl (C=O) groups is 2. The molecule has 388 valence electrons. The van der Waals surface area contributed by atoms with E-state index in [4.69, 9.17) is 14.2 Å². The summed E-state index contributed by atoms with van der Waals surface area (Å²) in [6.45, 7) is 4.00. The molecule has 1 amide bonds. The average molecular weight is 946 g/mol. The lowest BCUT2D eigenvalue weighted by Crippen LogP contribution is -2.60. The standard InChI is InChI=1S/C56H99NO10/c1-3-5-7-9-11-13-14-15-17-21-24-28-32-36-40-44-52(61)65-45-41-37-33-29-25-22-19-16-18-20-23-27-31-35-39-43-51(60)57-48(49(59)42-38-34-30-26-12-10-8-6-4-2)47-66-56-55(64)54(63)53(62)50(46-58)67-56/h4,6,12,16,19,22,25-26,38,42,48-50,53-56,58-59,62-64H,3,5,7-11,13-15,17-18,20-21,23-24,27-37,39-41,43-47H2,1-2H3,(H,57,60)/b6-4+,19-16-,25-22-,26-12+,42-38+. The van der Waals surface area contributed by atoms with E-state index in [2.05, 4.69) is 54.8 Å². The second-order valence-electron chi connectivity index (χ2n) is 18.6. The average Bonchev–Trinajstić information content (AvgIpc) is 3.32. The number of allylic oxidation sites excluding steroid dienone is 9. The summed E-state index contributed by atoms with van der Waals surface area (Å²) in [6, 6.07) is -0.850. The van der Waals surface area contributed by atoms with Crippen molar-refractivity contribution in [3.63, 3.8) is 0 Å². The number of carbonyl (C=O) groups excluding carboxylic acids is 2. The molecule has 7 atom stereocenters. The molecule has 1 heterocycles. The third-order valence-corrected chi connectivity index (χ3v) is 12.5. The lowest BCUT2D eigenvalue weighted by Gasteiger charge is -2.40. The quantitative estimate of drug-likeness (QED) is 0.0149. The summed E-state index contributed by atoms with van der Waals surface area (Å²) >= 11 is 0. The van der Waals surface area contributed by atoms with E-state index in [-0.39, 0.29) is 18.5 Å². The lowest BCUT2D eigenvalue weighted by atomic mass is 9.99. The van der Waals surface area contributed by atoms with E-state index < -0.39 is 49.5 Å². The van der Waals surface area contributed by atoms with E-state index in [9.17, 15) is 35.1 Å². The van der Waals surface area contributed by atoms with Gasteiger partial charge >= 0.3 is 5.97 Å². The molecular formula is C56H99NO10. The molecule has 0 aromatic heterocycles. The van der Waals surface area contributed by atoms with Crippen molar-refractivity contribution in [2.45, 2.75) is 262 Å². The predicted octanol–water partition coefficient (Wildman–Crippen LogP) is 11.5. The minimum absolute atomic E-state index is 0.0409. The number of hydrogen-bond donors (Lipinski definition) is 6. The van der Waals surface area contributed by atoms with E-state index in [0.717, 1.165) is 96.3 Å². The van der Waals surface area contributed by atoms with Gasteiger partial charge in [0.15, 0.2) is 6.29 Å². The molecule has 6 N–H and O–H groups in total. The van der Waals surface area contributed by atoms with Crippen molar-refractivity contribution >= 4 is 11.9 Å². The lowest BCUT2D eigenvalue weighted by molar-refractivity contribution is -0.302. The van der Waals surface area contributed by atoms with E-state index >= 15 is 0 Å². The summed E-state index contributed by atoms with van der Waals surface area (Å²) in [5.74, 6) is -0.264. The Hall–Kier alpha value is -2.64. The number of aliphatic hydroxyl groups excluding tert-OH is 5. The molecule has 7 unspecified atom stereocenters. The Kier molecular flexibility index (Phi) is 42.6. The van der Waals surface area contributed by atoms with Gasteiger partial charge in [-0.1, -0.05) is 183 Å². The normalized spacial score (nSPS) is 20.0. The zero-order valence-electron chi connectivity index (χ0n) is 42.3. The molecule has 1 aliphatic heterocycles. The Bertz CT molecular complexity index is 1300. The first-order valence-electron chi connectivity index (χ1n) is 27.0. The monoisotopic (exact) mass is 946 g/mol. The first-order valence-corrected chi connectivity index (χ1v) is 27.0. The van der Waals surface area contributed by atoms with Crippen LogP contribution in [0.15, 0.2) is 60.8 Å². The molecular weight excluding hydrogens is 847 g/mol. The van der Waals surface area contributed by atoms with Gasteiger partial charge in [0.2, 0.25) is 5.91 Å². The minimum Gasteiger partial charge on any atom is -0.466 e. The summed E-state index contributed by atoms with van der Waals surface area (Å²) in [4.78, 5) is 25.0. The van der Waals surface area contributed by atoms with Gasteiger partial charge in [-0.3, -0.25) is 9.59 Å². The maximum atomic E-state index is 12.9. The topological polar surface area (TPSA) is 175 Å². The Balaban J connectivity index is 2.12. The number of aliphatic hydroxyl groups is 5. The first kappa shape index (κ1) is 62.4. The smallest absolute Gasteiger partial charge is 0.305 e. The predicted molar refractivity (Wildman–Crippen MR) is 273 cm³/mol. The van der Waals surface area contributed by atoms with Crippen molar-refractivity contribution in [1.82, 2.24) is 5.32 Å². The van der Waals surface area contributed by atoms with Crippen LogP contribution in [0.25, 0.3) is 0 Å². The van der Waals surface area contributed by atoms with Crippen molar-refractivity contribution < 1.29 is 49.3 Å². The largest absolute Gasteiger partial charge is 0.466 e. The van der Waals surface area contributed by atoms with Crippen molar-refractivity contribution in [3.8, 4) is 0 Å². The zero-order chi connectivity index (χ0) is 48.8. The summed E-state index contributed by atoms with van der Waals surface area (Å²) in [5.41, 5.74) is 0. The van der Waals surface area contributed by atoms with Gasteiger partial charge in [-0.25, -0.2) is 0 Å². The molecule has 1 fully saturated rings. The minimum atomic E-state index is -1.59. The van der Waals surface area contributed by atoms with Gasteiger partial charge in [-0.05, 0) is 84.0 Å². The number of ether oxygens (including phenoxy) is 3. The van der Waals surface area contributed by atoms with Gasteiger partial charge < -0.3 is 45.1 Å². The van der Waals surface area contributed by atoms with Crippen LogP contribution in [0.1, 0.15) is 219 Å². The third-order valence-electron chi connectivity index (χ3n) is 12.5. The van der Waals surface area contributed by atoms with Crippen LogP contribution in [0, 0.1) is 0 Å². The maximum absolute atomic E-state index is 12.9. The molecule has 1 aliphatic rings. The Morgan fingerprint density at radius 2 is 1.07 bits per heavy atom. The zero-order valence-corrected chi connectivity index (χ0v) is 42.3. The van der Waals surface area contributed by atoms with Crippen molar-refractivity contribution in [2.75, 3.05) is 19.8 Å². The highest BCUT2D eigenvalue weighted by molar-refractivity contribution is 5.76. The van der Waals surface area contributed by atoms with Crippen molar-refractivity contribution in [2.24, 2.45) is 0 Å². The third kappa shape index (κ3) is 36.0. The highest BCUT2D eigenvalue weighted by Crippen LogP contribution is 2.23. The molecule has 0 spiro atoms. The fourth-order valence-electron chi connectivity index (χ4n) is 8.11. The number of rotatable bonds is 45. The van der Waals surface area contributed by atoms with Crippen LogP contribution < -0.4 is 5.32 Å². The van der Waals surface area contributed by atoms with Crippen LogP contribution in [-0.2, 0) is 23.8 Å². The number of unbranched alkanes of at least 4 members (excludes halogenated alkanes) is 25. The van der Waals surface area contributed by atoms with Gasteiger partial charge in [0, 0.05) is 12.8 Å². The fraction of sp³-hybridized carbons (Fsp3) is 0.786. The fourth-order valence-corrected chi connectivity index (χ4v) is 8.11. The summed E-state index contributed by atoms with van der Waals surface area (Å²) in [5, 5.41) is 54.0. The van der Waals surface area contributed by atoms with Gasteiger partial charge in [0.05, 0.1) is 32.0 Å². The van der Waals surface area contributed by atoms with Crippen LogP contribution >= 0.6 is 0 Å². The molecule has 0 bridgehead atoms. The van der Waals surface area contributed by atoms with Crippen LogP contribution in [-0.4, -0.2) is 100 Å². The number of esters is 1. The summed E-state index contributed by atoms with van der Waals surface area (Å²) in [6.07, 6.45) is 47.7. The van der Waals surface area contributed by atoms with Crippen LogP contribution in [0.4, 0.5) is 0 Å². The highest BCUT2D eigenvalue weighted by atomic mass is 16.7. The Labute approximate surface area is 408 Å². The maximum Gasteiger partial charge on any atom is 0.305 e. The van der Waals surface area contributed by atoms with Gasteiger partial charge in [-0.2, -0.15) is 0 Å². The molecule has 1 rings (SSSR count). The van der Waals surface area contributed by atoms with Gasteiger partial charge in [0.1, 0.15) is 24.4 Å². The molecule has 0 aromatic carbocycles. The highest BCUT2D eigenvalue weighted by Gasteiger charge is 2.44. The molecule has 0 saturated carbocycles. The second kappa shape index (κ2) is 45.8. The SMILES string of the molecule is C/C=C/CC/C=C/CC/C=C/C(O)C(COC1OC(CO)C(O)C(O)C1O)NC(=O)CCCCCCCC/C=C\C=C/CCCCCOC(=O)CCCCCCCCCCCCCCCCC. The van der Waals surface area contributed by atoms with Gasteiger partial charge in [-0.15, -0.1) is 0 Å². The Morgan fingerprint density at radius 3 is 1.63 bits per heavy atom. The van der Waals surface area contributed by atoms with E-state index in [1.165, 1.54) is 83.5 Å². The van der Waals surface area contributed by atoms with Crippen molar-refractivity contribution in [1.29, 1.82) is 0 Å². The second-order valence-corrected chi connectivity index (χ2v) is 18.6. The molecule has 0 aromatic rings. The number of amides is 1. The molecule has 0 radical (unpaired) electrons. The molecule has 1 saturated heterocycles. The summed E-state index contributed by atoms with van der Waals surface area (Å²) in [7, 11) is 0. The van der Waals surface area contributed by atoms with Crippen LogP contribution in [0.5, 0.6) is 0 Å². The first-order chi connectivity index (χ1) is 32.7. The molecule has 0 aliphatic carbocycles. The van der Waals surface area contributed by atoms with E-state index in [1.807, 2.05) is 19.1 Å². The summed E-state index contributed by atoms with van der Waals surface area (Å²) < 4.78 is 16.6. The number of hydrogen-bond acceptors (Lipinski definition) is 10. The molecule has 11 heteroatoms. The Morgan fingerprint density at radius 1 is 0.582 bits per heavy atom. The molecule has 11 nitrogen and oxygen atoms in total. The van der Waals surface area contributed by atoms with Crippen molar-refractivity contribution in [3.05, 3.63) is 60.8 Å². The van der Waals surface area contributed by atoms with Gasteiger partial charge in [0.25, 0.3) is 0 Å².